The number of carbonyl (C=O) groups is 1. The smallest absolute Gasteiger partial charge is 0.415 e. The van der Waals surface area contributed by atoms with Crippen molar-refractivity contribution in [2.45, 2.75) is 16.5 Å². The van der Waals surface area contributed by atoms with Crippen molar-refractivity contribution in [3.63, 3.8) is 0 Å². The zero-order valence-corrected chi connectivity index (χ0v) is 28.1. The molecule has 1 saturated heterocycles. The Kier molecular flexibility index (Phi) is 10.0. The number of halogens is 1. The highest BCUT2D eigenvalue weighted by molar-refractivity contribution is 7.91. The summed E-state index contributed by atoms with van der Waals surface area (Å²) in [5, 5.41) is 18.2. The lowest BCUT2D eigenvalue weighted by atomic mass is 10.2. The number of hydrogen-bond donors (Lipinski definition) is 1. The molecule has 1 aliphatic heterocycles. The van der Waals surface area contributed by atoms with Gasteiger partial charge in [0.1, 0.15) is 23.1 Å². The van der Waals surface area contributed by atoms with Crippen LogP contribution in [0.3, 0.4) is 0 Å². The lowest BCUT2D eigenvalue weighted by Gasteiger charge is -2.35. The van der Waals surface area contributed by atoms with Crippen molar-refractivity contribution in [3.05, 3.63) is 107 Å². The molecule has 0 bridgehead atoms. The van der Waals surface area contributed by atoms with Gasteiger partial charge in [0.2, 0.25) is 17.7 Å². The van der Waals surface area contributed by atoms with Crippen LogP contribution in [-0.2, 0) is 21.2 Å². The maximum Gasteiger partial charge on any atom is 0.415 e. The lowest BCUT2D eigenvalue weighted by molar-refractivity contribution is -0.832. The average Bonchev–Trinajstić information content (AvgIpc) is 3.53. The summed E-state index contributed by atoms with van der Waals surface area (Å²) in [4.78, 5) is 24.2. The summed E-state index contributed by atoms with van der Waals surface area (Å²) in [7, 11) is -2.69. The molecule has 1 amide bonds. The van der Waals surface area contributed by atoms with Gasteiger partial charge in [0.15, 0.2) is 0 Å². The molecule has 50 heavy (non-hydrogen) atoms. The first-order chi connectivity index (χ1) is 24.2. The molecule has 3 heterocycles. The molecular weight excluding hydrogens is 690 g/mol. The zero-order valence-electron chi connectivity index (χ0n) is 26.6. The normalized spacial score (nSPS) is 13.1. The van der Waals surface area contributed by atoms with Crippen LogP contribution in [0.15, 0.2) is 106 Å². The van der Waals surface area contributed by atoms with Crippen molar-refractivity contribution in [1.82, 2.24) is 20.0 Å². The van der Waals surface area contributed by atoms with E-state index in [4.69, 9.17) is 25.8 Å². The fraction of sp³-hybridized carbons (Fsp3) is 0.182. The minimum Gasteiger partial charge on any atom is -0.494 e. The van der Waals surface area contributed by atoms with E-state index in [2.05, 4.69) is 36.5 Å². The van der Waals surface area contributed by atoms with Crippen molar-refractivity contribution in [3.8, 4) is 23.3 Å². The molecule has 1 fully saturated rings. The fourth-order valence-corrected chi connectivity index (χ4v) is 6.48. The third-order valence-electron chi connectivity index (χ3n) is 7.64. The van der Waals surface area contributed by atoms with Gasteiger partial charge in [-0.15, -0.1) is 0 Å². The molecule has 0 saturated carbocycles. The van der Waals surface area contributed by atoms with Gasteiger partial charge in [-0.05, 0) is 52.9 Å². The number of amides is 1. The van der Waals surface area contributed by atoms with E-state index in [9.17, 15) is 18.4 Å². The highest BCUT2D eigenvalue weighted by atomic mass is 35.5. The Morgan fingerprint density at radius 1 is 1.08 bits per heavy atom. The molecule has 1 aliphatic rings. The van der Waals surface area contributed by atoms with Crippen molar-refractivity contribution in [1.29, 1.82) is 0 Å². The minimum atomic E-state index is -4.25. The van der Waals surface area contributed by atoms with E-state index in [-0.39, 0.29) is 39.2 Å². The van der Waals surface area contributed by atoms with Gasteiger partial charge < -0.3 is 34.5 Å². The Balaban J connectivity index is 1.09. The van der Waals surface area contributed by atoms with E-state index in [1.807, 2.05) is 18.2 Å². The summed E-state index contributed by atoms with van der Waals surface area (Å²) < 4.78 is 47.6. The molecule has 1 N–H and O–H groups in total. The Morgan fingerprint density at radius 2 is 1.82 bits per heavy atom. The predicted molar refractivity (Wildman–Crippen MR) is 181 cm³/mol. The minimum absolute atomic E-state index is 0.0755. The molecule has 15 nitrogen and oxygen atoms in total. The van der Waals surface area contributed by atoms with Gasteiger partial charge in [-0.25, -0.2) is 13.4 Å². The van der Waals surface area contributed by atoms with Crippen LogP contribution in [0.5, 0.6) is 23.3 Å². The van der Waals surface area contributed by atoms with Gasteiger partial charge in [-0.1, -0.05) is 48.5 Å². The molecule has 0 unspecified atom stereocenters. The van der Waals surface area contributed by atoms with Crippen LogP contribution in [0.1, 0.15) is 5.56 Å². The fourth-order valence-electron chi connectivity index (χ4n) is 5.06. The predicted octanol–water partition coefficient (Wildman–Crippen LogP) is 4.54. The molecule has 2 aromatic heterocycles. The van der Waals surface area contributed by atoms with Gasteiger partial charge in [-0.2, -0.15) is 4.98 Å². The molecule has 0 radical (unpaired) electrons. The summed E-state index contributed by atoms with van der Waals surface area (Å²) in [6.45, 7) is 5.97. The highest BCUT2D eigenvalue weighted by Gasteiger charge is 2.35. The highest BCUT2D eigenvalue weighted by Crippen LogP contribution is 2.34. The largest absolute Gasteiger partial charge is 0.494 e. The molecule has 6 rings (SSSR count). The van der Waals surface area contributed by atoms with Crippen LogP contribution in [-0.4, -0.2) is 67.6 Å². The van der Waals surface area contributed by atoms with Gasteiger partial charge in [0.25, 0.3) is 9.84 Å². The molecule has 258 valence electrons. The van der Waals surface area contributed by atoms with E-state index in [1.54, 1.807) is 42.3 Å². The Bertz CT molecular complexity index is 2110. The van der Waals surface area contributed by atoms with Crippen LogP contribution in [0.2, 0.25) is 5.02 Å². The number of piperazine rings is 1. The second-order valence-corrected chi connectivity index (χ2v) is 13.0. The number of aromatic nitrogens is 4. The first kappa shape index (κ1) is 34.0. The molecule has 5 aromatic rings. The first-order valence-electron chi connectivity index (χ1n) is 15.1. The number of nitrogens with one attached hydrogen (secondary N) is 1. The SMILES string of the molecule is C=CC(=O)N1CCN(c2ccc(Nc3ncc(Cl)c(Oc4ccc(COc5no[n+]([O-])c5S(=O)(=O)c5ccccc5)cc4)n3)c(OC)c2)CC1. The summed E-state index contributed by atoms with van der Waals surface area (Å²) in [5.41, 5.74) is 2.17. The monoisotopic (exact) mass is 719 g/mol. The Hall–Kier alpha value is -5.87. The number of rotatable bonds is 12. The van der Waals surface area contributed by atoms with E-state index >= 15 is 0 Å². The molecule has 17 heteroatoms. The number of benzene rings is 3. The van der Waals surface area contributed by atoms with E-state index < -0.39 is 20.7 Å². The van der Waals surface area contributed by atoms with Crippen molar-refractivity contribution < 1.29 is 37.0 Å². The second-order valence-electron chi connectivity index (χ2n) is 10.8. The lowest BCUT2D eigenvalue weighted by Crippen LogP contribution is -2.48. The van der Waals surface area contributed by atoms with Gasteiger partial charge in [-0.3, -0.25) is 9.42 Å². The van der Waals surface area contributed by atoms with Crippen molar-refractivity contribution in [2.75, 3.05) is 43.5 Å². The number of hydrogen-bond acceptors (Lipinski definition) is 13. The topological polar surface area (TPSA) is 176 Å². The van der Waals surface area contributed by atoms with Crippen LogP contribution in [0, 0.1) is 5.21 Å². The number of nitrogens with zero attached hydrogens (tertiary/aromatic N) is 6. The summed E-state index contributed by atoms with van der Waals surface area (Å²) in [6.07, 6.45) is 2.73. The number of anilines is 3. The third-order valence-corrected chi connectivity index (χ3v) is 9.63. The van der Waals surface area contributed by atoms with Gasteiger partial charge in [0.05, 0.1) is 29.0 Å². The van der Waals surface area contributed by atoms with E-state index in [0.717, 1.165) is 5.69 Å². The van der Waals surface area contributed by atoms with Crippen LogP contribution in [0.25, 0.3) is 0 Å². The maximum atomic E-state index is 13.0. The molecule has 0 atom stereocenters. The zero-order chi connectivity index (χ0) is 35.3. The quantitative estimate of drug-likeness (QED) is 0.141. The van der Waals surface area contributed by atoms with E-state index in [1.165, 1.54) is 36.5 Å². The molecule has 0 spiro atoms. The molecular formula is C33H30ClN7O8S. The Morgan fingerprint density at radius 3 is 2.52 bits per heavy atom. The second kappa shape index (κ2) is 14.7. The van der Waals surface area contributed by atoms with E-state index in [0.29, 0.717) is 48.9 Å². The number of ether oxygens (including phenoxy) is 3. The number of methoxy groups -OCH3 is 1. The summed E-state index contributed by atoms with van der Waals surface area (Å²) in [6, 6.07) is 19.7. The van der Waals surface area contributed by atoms with Gasteiger partial charge in [0, 0.05) is 37.9 Å². The first-order valence-corrected chi connectivity index (χ1v) is 17.0. The summed E-state index contributed by atoms with van der Waals surface area (Å²) in [5.74, 6) is 0.710. The average molecular weight is 720 g/mol. The number of sulfone groups is 1. The maximum absolute atomic E-state index is 13.0. The summed E-state index contributed by atoms with van der Waals surface area (Å²) >= 11 is 6.35. The Labute approximate surface area is 291 Å². The van der Waals surface area contributed by atoms with Crippen LogP contribution in [0.4, 0.5) is 17.3 Å². The third kappa shape index (κ3) is 7.40. The standard InChI is InChI=1S/C33H30ClN7O8S/c1-3-29(42)40-17-15-39(16-18-40)23-11-14-27(28(19-23)46-2)36-33-35-20-26(34)30(37-33)48-24-12-9-22(10-13-24)21-47-31-32(41(43)49-38-31)50(44,45)25-7-5-4-6-8-25/h3-14,19-20H,1,15-18,21H2,2H3,(H,35,36,37). The molecule has 3 aromatic carbocycles. The van der Waals surface area contributed by atoms with Crippen LogP contribution < -0.4 is 29.3 Å². The van der Waals surface area contributed by atoms with Crippen molar-refractivity contribution in [2.24, 2.45) is 0 Å². The van der Waals surface area contributed by atoms with Gasteiger partial charge >= 0.3 is 10.9 Å². The number of carbonyl (C=O) groups excluding carboxylic acids is 1. The van der Waals surface area contributed by atoms with Crippen LogP contribution >= 0.6 is 11.6 Å². The van der Waals surface area contributed by atoms with Crippen molar-refractivity contribution >= 4 is 44.7 Å². The molecule has 0 aliphatic carbocycles.